The molecule has 88 valence electrons. The first-order valence-electron chi connectivity index (χ1n) is 5.10. The monoisotopic (exact) mass is 293 g/mol. The van der Waals surface area contributed by atoms with E-state index in [9.17, 15) is 10.2 Å². The van der Waals surface area contributed by atoms with Crippen molar-refractivity contribution in [3.63, 3.8) is 0 Å². The average Bonchev–Trinajstić information content (AvgIpc) is 2.32. The number of rotatable bonds is 2. The molecule has 1 unspecified atom stereocenters. The molecule has 2 rings (SSSR count). The lowest BCUT2D eigenvalue weighted by Crippen LogP contribution is -2.04. The van der Waals surface area contributed by atoms with Crippen LogP contribution in [0.3, 0.4) is 0 Å². The molecule has 0 aromatic heterocycles. The number of aliphatic hydroxyl groups is 1. The van der Waals surface area contributed by atoms with Gasteiger partial charge in [0.1, 0.15) is 11.9 Å². The molecule has 0 aliphatic heterocycles. The Labute approximate surface area is 108 Å². The van der Waals surface area contributed by atoms with Gasteiger partial charge in [0, 0.05) is 21.3 Å². The second kappa shape index (κ2) is 4.77. The zero-order chi connectivity index (χ0) is 12.4. The predicted octanol–water partition coefficient (Wildman–Crippen LogP) is 2.82. The summed E-state index contributed by atoms with van der Waals surface area (Å²) in [6.45, 7) is 0. The third-order valence-electron chi connectivity index (χ3n) is 2.57. The van der Waals surface area contributed by atoms with Crippen LogP contribution < -0.4 is 5.73 Å². The highest BCUT2D eigenvalue weighted by atomic mass is 79.9. The maximum Gasteiger partial charge on any atom is 0.121 e. The number of benzene rings is 2. The smallest absolute Gasteiger partial charge is 0.121 e. The SMILES string of the molecule is Nc1ccc(Br)cc1C(O)c1ccccc1O. The molecule has 0 saturated carbocycles. The number of aromatic hydroxyl groups is 1. The molecular weight excluding hydrogens is 282 g/mol. The molecule has 3 nitrogen and oxygen atoms in total. The van der Waals surface area contributed by atoms with Crippen LogP contribution in [0.4, 0.5) is 5.69 Å². The molecule has 2 aromatic rings. The normalized spacial score (nSPS) is 12.4. The molecule has 17 heavy (non-hydrogen) atoms. The molecule has 0 heterocycles. The van der Waals surface area contributed by atoms with E-state index in [2.05, 4.69) is 15.9 Å². The largest absolute Gasteiger partial charge is 0.508 e. The zero-order valence-electron chi connectivity index (χ0n) is 8.97. The van der Waals surface area contributed by atoms with Gasteiger partial charge in [-0.3, -0.25) is 0 Å². The van der Waals surface area contributed by atoms with Crippen molar-refractivity contribution in [1.82, 2.24) is 0 Å². The summed E-state index contributed by atoms with van der Waals surface area (Å²) in [6.07, 6.45) is -0.936. The van der Waals surface area contributed by atoms with Crippen LogP contribution in [0, 0.1) is 0 Å². The van der Waals surface area contributed by atoms with E-state index >= 15 is 0 Å². The second-order valence-corrected chi connectivity index (χ2v) is 4.65. The van der Waals surface area contributed by atoms with Crippen molar-refractivity contribution >= 4 is 21.6 Å². The standard InChI is InChI=1S/C13H12BrNO2/c14-8-5-6-11(15)10(7-8)13(17)9-3-1-2-4-12(9)16/h1-7,13,16-17H,15H2. The molecule has 0 fully saturated rings. The Balaban J connectivity index is 2.47. The highest BCUT2D eigenvalue weighted by Gasteiger charge is 2.16. The summed E-state index contributed by atoms with van der Waals surface area (Å²) in [7, 11) is 0. The van der Waals surface area contributed by atoms with Gasteiger partial charge in [0.25, 0.3) is 0 Å². The number of nitrogen functional groups attached to an aromatic ring is 1. The predicted molar refractivity (Wildman–Crippen MR) is 70.7 cm³/mol. The molecule has 2 aromatic carbocycles. The Bertz CT molecular complexity index is 543. The topological polar surface area (TPSA) is 66.5 Å². The third-order valence-corrected chi connectivity index (χ3v) is 3.07. The van der Waals surface area contributed by atoms with Crippen LogP contribution in [0.25, 0.3) is 0 Å². The Morgan fingerprint density at radius 2 is 1.76 bits per heavy atom. The fourth-order valence-electron chi connectivity index (χ4n) is 1.67. The highest BCUT2D eigenvalue weighted by Crippen LogP contribution is 2.33. The quantitative estimate of drug-likeness (QED) is 0.746. The van der Waals surface area contributed by atoms with Gasteiger partial charge in [0.05, 0.1) is 0 Å². The number of hydrogen-bond acceptors (Lipinski definition) is 3. The number of nitrogens with two attached hydrogens (primary N) is 1. The molecule has 1 atom stereocenters. The van der Waals surface area contributed by atoms with Crippen LogP contribution in [0.5, 0.6) is 5.75 Å². The van der Waals surface area contributed by atoms with Gasteiger partial charge in [0.2, 0.25) is 0 Å². The van der Waals surface area contributed by atoms with Gasteiger partial charge in [-0.15, -0.1) is 0 Å². The minimum Gasteiger partial charge on any atom is -0.508 e. The number of anilines is 1. The first kappa shape index (κ1) is 12.0. The maximum absolute atomic E-state index is 10.2. The second-order valence-electron chi connectivity index (χ2n) is 3.73. The van der Waals surface area contributed by atoms with E-state index in [1.807, 2.05) is 0 Å². The van der Waals surface area contributed by atoms with E-state index in [4.69, 9.17) is 5.73 Å². The molecular formula is C13H12BrNO2. The van der Waals surface area contributed by atoms with Gasteiger partial charge in [0.15, 0.2) is 0 Å². The lowest BCUT2D eigenvalue weighted by molar-refractivity contribution is 0.216. The summed E-state index contributed by atoms with van der Waals surface area (Å²) in [4.78, 5) is 0. The third kappa shape index (κ3) is 2.43. The molecule has 0 spiro atoms. The van der Waals surface area contributed by atoms with Crippen molar-refractivity contribution in [3.8, 4) is 5.75 Å². The number of phenols is 1. The van der Waals surface area contributed by atoms with Gasteiger partial charge < -0.3 is 15.9 Å². The average molecular weight is 294 g/mol. The number of para-hydroxylation sites is 1. The van der Waals surface area contributed by atoms with Crippen molar-refractivity contribution in [2.45, 2.75) is 6.10 Å². The molecule has 4 heteroatoms. The van der Waals surface area contributed by atoms with Crippen LogP contribution in [0.15, 0.2) is 46.9 Å². The van der Waals surface area contributed by atoms with E-state index in [1.54, 1.807) is 36.4 Å². The van der Waals surface area contributed by atoms with E-state index in [0.717, 1.165) is 4.47 Å². The Kier molecular flexibility index (Phi) is 3.36. The summed E-state index contributed by atoms with van der Waals surface area (Å²) in [5.41, 5.74) is 7.32. The van der Waals surface area contributed by atoms with Crippen LogP contribution in [-0.4, -0.2) is 10.2 Å². The summed E-state index contributed by atoms with van der Waals surface area (Å²) in [5, 5.41) is 19.9. The van der Waals surface area contributed by atoms with Crippen LogP contribution >= 0.6 is 15.9 Å². The Hall–Kier alpha value is -1.52. The Morgan fingerprint density at radius 1 is 1.06 bits per heavy atom. The van der Waals surface area contributed by atoms with E-state index in [1.165, 1.54) is 6.07 Å². The number of halogens is 1. The van der Waals surface area contributed by atoms with E-state index in [0.29, 0.717) is 16.8 Å². The summed E-state index contributed by atoms with van der Waals surface area (Å²) < 4.78 is 0.830. The fourth-order valence-corrected chi connectivity index (χ4v) is 2.05. The van der Waals surface area contributed by atoms with E-state index in [-0.39, 0.29) is 5.75 Å². The fraction of sp³-hybridized carbons (Fsp3) is 0.0769. The van der Waals surface area contributed by atoms with Gasteiger partial charge >= 0.3 is 0 Å². The molecule has 0 amide bonds. The molecule has 0 aliphatic carbocycles. The van der Waals surface area contributed by atoms with Gasteiger partial charge in [-0.05, 0) is 24.3 Å². The molecule has 0 radical (unpaired) electrons. The van der Waals surface area contributed by atoms with Crippen molar-refractivity contribution in [1.29, 1.82) is 0 Å². The Morgan fingerprint density at radius 3 is 2.47 bits per heavy atom. The summed E-state index contributed by atoms with van der Waals surface area (Å²) in [5.74, 6) is 0.0550. The zero-order valence-corrected chi connectivity index (χ0v) is 10.6. The van der Waals surface area contributed by atoms with E-state index < -0.39 is 6.10 Å². The number of aliphatic hydroxyl groups excluding tert-OH is 1. The van der Waals surface area contributed by atoms with Crippen LogP contribution in [0.1, 0.15) is 17.2 Å². The van der Waals surface area contributed by atoms with Crippen molar-refractivity contribution in [2.24, 2.45) is 0 Å². The summed E-state index contributed by atoms with van der Waals surface area (Å²) in [6, 6.07) is 11.9. The first-order chi connectivity index (χ1) is 8.09. The number of hydrogen-bond donors (Lipinski definition) is 3. The van der Waals surface area contributed by atoms with Crippen molar-refractivity contribution in [2.75, 3.05) is 5.73 Å². The minimum atomic E-state index is -0.936. The molecule has 0 aliphatic rings. The summed E-state index contributed by atoms with van der Waals surface area (Å²) >= 11 is 3.33. The van der Waals surface area contributed by atoms with Crippen LogP contribution in [-0.2, 0) is 0 Å². The van der Waals surface area contributed by atoms with Crippen molar-refractivity contribution in [3.05, 3.63) is 58.1 Å². The first-order valence-corrected chi connectivity index (χ1v) is 5.90. The van der Waals surface area contributed by atoms with Gasteiger partial charge in [-0.1, -0.05) is 34.1 Å². The minimum absolute atomic E-state index is 0.0550. The number of phenolic OH excluding ortho intramolecular Hbond substituents is 1. The van der Waals surface area contributed by atoms with Crippen LogP contribution in [0.2, 0.25) is 0 Å². The molecule has 0 saturated heterocycles. The lowest BCUT2D eigenvalue weighted by Gasteiger charge is -2.15. The lowest BCUT2D eigenvalue weighted by atomic mass is 9.99. The van der Waals surface area contributed by atoms with Gasteiger partial charge in [-0.25, -0.2) is 0 Å². The molecule has 4 N–H and O–H groups in total. The molecule has 0 bridgehead atoms. The highest BCUT2D eigenvalue weighted by molar-refractivity contribution is 9.10. The maximum atomic E-state index is 10.2. The van der Waals surface area contributed by atoms with Crippen molar-refractivity contribution < 1.29 is 10.2 Å². The van der Waals surface area contributed by atoms with Gasteiger partial charge in [-0.2, -0.15) is 0 Å².